The zero-order valence-corrected chi connectivity index (χ0v) is 15.1. The normalized spacial score (nSPS) is 21.4. The lowest BCUT2D eigenvalue weighted by Crippen LogP contribution is -2.31. The summed E-state index contributed by atoms with van der Waals surface area (Å²) in [5.41, 5.74) is 2.74. The van der Waals surface area contributed by atoms with Crippen molar-refractivity contribution in [2.75, 3.05) is 19.7 Å². The predicted octanol–water partition coefficient (Wildman–Crippen LogP) is 2.73. The third-order valence-electron chi connectivity index (χ3n) is 4.87. The van der Waals surface area contributed by atoms with Crippen molar-refractivity contribution in [1.29, 1.82) is 0 Å². The van der Waals surface area contributed by atoms with Crippen LogP contribution in [-0.4, -0.2) is 50.5 Å². The van der Waals surface area contributed by atoms with E-state index in [-0.39, 0.29) is 6.10 Å². The Labute approximate surface area is 152 Å². The van der Waals surface area contributed by atoms with Crippen LogP contribution in [0.25, 0.3) is 5.57 Å². The van der Waals surface area contributed by atoms with Gasteiger partial charge in [-0.2, -0.15) is 0 Å². The van der Waals surface area contributed by atoms with Crippen LogP contribution in [0.1, 0.15) is 24.8 Å². The molecule has 25 heavy (non-hydrogen) atoms. The molecule has 1 atom stereocenters. The summed E-state index contributed by atoms with van der Waals surface area (Å²) in [5, 5.41) is 8.45. The molecule has 0 spiro atoms. The second-order valence-corrected chi connectivity index (χ2v) is 7.01. The molecule has 6 nitrogen and oxygen atoms in total. The Morgan fingerprint density at radius 3 is 2.72 bits per heavy atom. The molecular formula is C18H23N5OS. The maximum absolute atomic E-state index is 5.66. The topological polar surface area (TPSA) is 48.1 Å². The van der Waals surface area contributed by atoms with E-state index in [1.165, 1.54) is 11.1 Å². The Hall–Kier alpha value is -1.83. The van der Waals surface area contributed by atoms with E-state index in [0.717, 1.165) is 39.0 Å². The van der Waals surface area contributed by atoms with Crippen LogP contribution in [0, 0.1) is 4.77 Å². The largest absolute Gasteiger partial charge is 0.376 e. The van der Waals surface area contributed by atoms with Gasteiger partial charge in [-0.3, -0.25) is 4.90 Å². The molecule has 2 aliphatic rings. The summed E-state index contributed by atoms with van der Waals surface area (Å²) in [4.78, 5) is 2.34. The van der Waals surface area contributed by atoms with Crippen LogP contribution in [0.5, 0.6) is 0 Å². The summed E-state index contributed by atoms with van der Waals surface area (Å²) >= 11 is 5.53. The summed E-state index contributed by atoms with van der Waals surface area (Å²) in [6.07, 6.45) is 5.77. The van der Waals surface area contributed by atoms with Gasteiger partial charge < -0.3 is 4.74 Å². The predicted molar refractivity (Wildman–Crippen MR) is 98.4 cm³/mol. The lowest BCUT2D eigenvalue weighted by atomic mass is 10.00. The minimum Gasteiger partial charge on any atom is -0.376 e. The van der Waals surface area contributed by atoms with E-state index in [1.54, 1.807) is 4.68 Å². The van der Waals surface area contributed by atoms with E-state index >= 15 is 0 Å². The molecule has 0 saturated carbocycles. The van der Waals surface area contributed by atoms with E-state index in [1.807, 2.05) is 4.68 Å². The summed E-state index contributed by atoms with van der Waals surface area (Å²) in [6.45, 7) is 4.14. The van der Waals surface area contributed by atoms with Crippen LogP contribution in [-0.2, 0) is 18.0 Å². The summed E-state index contributed by atoms with van der Waals surface area (Å²) in [5.74, 6) is 0. The lowest BCUT2D eigenvalue weighted by molar-refractivity contribution is 0.0930. The highest BCUT2D eigenvalue weighted by Crippen LogP contribution is 2.22. The van der Waals surface area contributed by atoms with Crippen molar-refractivity contribution < 1.29 is 4.74 Å². The molecule has 3 heterocycles. The molecule has 1 aromatic carbocycles. The van der Waals surface area contributed by atoms with Gasteiger partial charge in [0, 0.05) is 19.7 Å². The number of hydrogen-bond acceptors (Lipinski definition) is 5. The molecule has 0 radical (unpaired) electrons. The number of tetrazole rings is 1. The number of benzene rings is 1. The minimum absolute atomic E-state index is 0.225. The first kappa shape index (κ1) is 16.6. The van der Waals surface area contributed by atoms with E-state index in [9.17, 15) is 0 Å². The standard InChI is InChI=1S/C18H23N5OS/c25-18-22(13-17-7-4-12-24-17)19-20-23(18)14-21-10-8-16(9-11-21)15-5-2-1-3-6-15/h1-3,5-6,8,17H,4,7,9-14H2/t17-/m1/s1. The van der Waals surface area contributed by atoms with Gasteiger partial charge in [0.15, 0.2) is 0 Å². The molecule has 1 fully saturated rings. The van der Waals surface area contributed by atoms with Crippen molar-refractivity contribution in [2.24, 2.45) is 0 Å². The highest BCUT2D eigenvalue weighted by atomic mass is 32.1. The third kappa shape index (κ3) is 3.89. The van der Waals surface area contributed by atoms with Gasteiger partial charge in [-0.1, -0.05) is 36.4 Å². The van der Waals surface area contributed by atoms with Crippen molar-refractivity contribution in [1.82, 2.24) is 24.7 Å². The number of aromatic nitrogens is 4. The summed E-state index contributed by atoms with van der Waals surface area (Å²) < 4.78 is 9.94. The van der Waals surface area contributed by atoms with Gasteiger partial charge >= 0.3 is 0 Å². The number of ether oxygens (including phenoxy) is 1. The van der Waals surface area contributed by atoms with E-state index < -0.39 is 0 Å². The molecular weight excluding hydrogens is 334 g/mol. The van der Waals surface area contributed by atoms with Crippen molar-refractivity contribution in [3.05, 3.63) is 46.7 Å². The number of rotatable bonds is 5. The molecule has 132 valence electrons. The third-order valence-corrected chi connectivity index (χ3v) is 5.29. The lowest BCUT2D eigenvalue weighted by Gasteiger charge is -2.25. The van der Waals surface area contributed by atoms with Crippen LogP contribution < -0.4 is 0 Å². The fourth-order valence-electron chi connectivity index (χ4n) is 3.43. The van der Waals surface area contributed by atoms with Gasteiger partial charge in [-0.25, -0.2) is 9.36 Å². The molecule has 7 heteroatoms. The first-order valence-electron chi connectivity index (χ1n) is 8.88. The smallest absolute Gasteiger partial charge is 0.217 e. The van der Waals surface area contributed by atoms with Gasteiger partial charge in [0.05, 0.1) is 19.3 Å². The molecule has 1 saturated heterocycles. The van der Waals surface area contributed by atoms with Crippen LogP contribution in [0.4, 0.5) is 0 Å². The highest BCUT2D eigenvalue weighted by molar-refractivity contribution is 7.71. The van der Waals surface area contributed by atoms with Crippen molar-refractivity contribution in [2.45, 2.75) is 38.6 Å². The first-order valence-corrected chi connectivity index (χ1v) is 9.29. The van der Waals surface area contributed by atoms with Gasteiger partial charge in [-0.15, -0.1) is 0 Å². The Balaban J connectivity index is 1.38. The van der Waals surface area contributed by atoms with Gasteiger partial charge in [0.2, 0.25) is 4.77 Å². The van der Waals surface area contributed by atoms with Crippen LogP contribution in [0.2, 0.25) is 0 Å². The molecule has 0 N–H and O–H groups in total. The number of hydrogen-bond donors (Lipinski definition) is 0. The van der Waals surface area contributed by atoms with Crippen LogP contribution in [0.15, 0.2) is 36.4 Å². The monoisotopic (exact) mass is 357 g/mol. The first-order chi connectivity index (χ1) is 12.3. The number of nitrogens with zero attached hydrogens (tertiary/aromatic N) is 5. The van der Waals surface area contributed by atoms with Crippen molar-refractivity contribution >= 4 is 17.8 Å². The maximum atomic E-state index is 5.66. The average Bonchev–Trinajstić information content (AvgIpc) is 3.29. The average molecular weight is 357 g/mol. The Morgan fingerprint density at radius 1 is 1.16 bits per heavy atom. The summed E-state index contributed by atoms with van der Waals surface area (Å²) in [7, 11) is 0. The molecule has 1 aromatic heterocycles. The molecule has 2 aromatic rings. The fraction of sp³-hybridized carbons (Fsp3) is 0.500. The molecule has 0 amide bonds. The van der Waals surface area contributed by atoms with Crippen molar-refractivity contribution in [3.63, 3.8) is 0 Å². The second kappa shape index (κ2) is 7.59. The molecule has 4 rings (SSSR count). The van der Waals surface area contributed by atoms with Gasteiger partial charge in [0.25, 0.3) is 0 Å². The Kier molecular flexibility index (Phi) is 5.05. The molecule has 0 aliphatic carbocycles. The quantitative estimate of drug-likeness (QED) is 0.770. The van der Waals surface area contributed by atoms with E-state index in [4.69, 9.17) is 17.0 Å². The van der Waals surface area contributed by atoms with Gasteiger partial charge in [-0.05, 0) is 53.0 Å². The van der Waals surface area contributed by atoms with E-state index in [2.05, 4.69) is 51.7 Å². The van der Waals surface area contributed by atoms with Crippen LogP contribution >= 0.6 is 12.2 Å². The zero-order chi connectivity index (χ0) is 17.1. The summed E-state index contributed by atoms with van der Waals surface area (Å²) in [6, 6.07) is 10.6. The Morgan fingerprint density at radius 2 is 2.00 bits per heavy atom. The molecule has 0 unspecified atom stereocenters. The SMILES string of the molecule is S=c1n(C[C@H]2CCCO2)nnn1CN1CC=C(c2ccccc2)CC1. The fourth-order valence-corrected chi connectivity index (χ4v) is 3.64. The van der Waals surface area contributed by atoms with Gasteiger partial charge in [0.1, 0.15) is 0 Å². The Bertz CT molecular complexity index is 791. The van der Waals surface area contributed by atoms with Crippen LogP contribution in [0.3, 0.4) is 0 Å². The zero-order valence-electron chi connectivity index (χ0n) is 14.3. The second-order valence-electron chi connectivity index (χ2n) is 6.64. The maximum Gasteiger partial charge on any atom is 0.217 e. The molecule has 2 aliphatic heterocycles. The minimum atomic E-state index is 0.225. The van der Waals surface area contributed by atoms with E-state index in [0.29, 0.717) is 18.0 Å². The molecule has 0 bridgehead atoms. The highest BCUT2D eigenvalue weighted by Gasteiger charge is 2.19. The van der Waals surface area contributed by atoms with Crippen molar-refractivity contribution in [3.8, 4) is 0 Å².